The summed E-state index contributed by atoms with van der Waals surface area (Å²) in [6.07, 6.45) is 1.24. The summed E-state index contributed by atoms with van der Waals surface area (Å²) in [5.74, 6) is -0.567. The van der Waals surface area contributed by atoms with E-state index in [1.54, 1.807) is 12.1 Å². The number of nitrogens with zero attached hydrogens (tertiary/aromatic N) is 2. The molecule has 0 amide bonds. The Kier molecular flexibility index (Phi) is 3.58. The van der Waals surface area contributed by atoms with Crippen LogP contribution in [0.5, 0.6) is 0 Å². The van der Waals surface area contributed by atoms with Crippen LogP contribution in [-0.2, 0) is 0 Å². The fraction of sp³-hybridized carbons (Fsp3) is 0. The van der Waals surface area contributed by atoms with Gasteiger partial charge >= 0.3 is 0 Å². The molecule has 0 aliphatic carbocycles. The van der Waals surface area contributed by atoms with Crippen molar-refractivity contribution in [3.63, 3.8) is 0 Å². The molecule has 4 nitrogen and oxygen atoms in total. The molecule has 0 aliphatic rings. The second-order valence-electron chi connectivity index (χ2n) is 2.40. The molecule has 0 saturated heterocycles. The molecule has 1 aromatic carbocycles. The first-order valence-electron chi connectivity index (χ1n) is 3.67. The number of guanidine groups is 1. The molecule has 0 atom stereocenters. The third-order valence-electron chi connectivity index (χ3n) is 1.36. The van der Waals surface area contributed by atoms with Crippen LogP contribution in [0.1, 0.15) is 5.56 Å². The molecule has 0 heterocycles. The molecule has 0 fully saturated rings. The van der Waals surface area contributed by atoms with Gasteiger partial charge in [0.15, 0.2) is 0 Å². The molecule has 4 N–H and O–H groups in total. The van der Waals surface area contributed by atoms with Crippen LogP contribution >= 0.6 is 15.9 Å². The van der Waals surface area contributed by atoms with Gasteiger partial charge in [0.1, 0.15) is 5.82 Å². The zero-order valence-electron chi connectivity index (χ0n) is 7.11. The zero-order valence-corrected chi connectivity index (χ0v) is 8.70. The van der Waals surface area contributed by atoms with Gasteiger partial charge in [0.25, 0.3) is 0 Å². The fourth-order valence-electron chi connectivity index (χ4n) is 0.787. The van der Waals surface area contributed by atoms with Crippen LogP contribution < -0.4 is 11.5 Å². The van der Waals surface area contributed by atoms with Crippen molar-refractivity contribution >= 4 is 28.1 Å². The first-order valence-corrected chi connectivity index (χ1v) is 4.46. The summed E-state index contributed by atoms with van der Waals surface area (Å²) in [5.41, 5.74) is 10.4. The van der Waals surface area contributed by atoms with E-state index in [-0.39, 0.29) is 5.96 Å². The Morgan fingerprint density at radius 1 is 1.43 bits per heavy atom. The molecule has 0 saturated carbocycles. The van der Waals surface area contributed by atoms with Crippen LogP contribution in [0.3, 0.4) is 0 Å². The SMILES string of the molecule is NC(N)=N/N=C/c1c(F)cccc1Br. The normalized spacial score (nSPS) is 10.4. The predicted molar refractivity (Wildman–Crippen MR) is 57.5 cm³/mol. The Bertz CT molecular complexity index is 365. The number of nitrogens with two attached hydrogens (primary N) is 2. The molecule has 0 bridgehead atoms. The number of halogens is 2. The molecule has 0 radical (unpaired) electrons. The fourth-order valence-corrected chi connectivity index (χ4v) is 1.23. The van der Waals surface area contributed by atoms with Crippen molar-refractivity contribution in [1.82, 2.24) is 0 Å². The van der Waals surface area contributed by atoms with Gasteiger partial charge in [-0.1, -0.05) is 22.0 Å². The third-order valence-corrected chi connectivity index (χ3v) is 2.05. The van der Waals surface area contributed by atoms with Gasteiger partial charge in [-0.2, -0.15) is 5.10 Å². The molecule has 1 aromatic rings. The third kappa shape index (κ3) is 2.81. The second-order valence-corrected chi connectivity index (χ2v) is 3.26. The van der Waals surface area contributed by atoms with E-state index in [0.717, 1.165) is 0 Å². The Labute approximate surface area is 88.6 Å². The molecule has 0 aromatic heterocycles. The van der Waals surface area contributed by atoms with Crippen molar-refractivity contribution in [2.45, 2.75) is 0 Å². The van der Waals surface area contributed by atoms with Crippen molar-refractivity contribution in [2.75, 3.05) is 0 Å². The van der Waals surface area contributed by atoms with E-state index >= 15 is 0 Å². The first kappa shape index (κ1) is 10.6. The second kappa shape index (κ2) is 4.71. The highest BCUT2D eigenvalue weighted by Crippen LogP contribution is 2.17. The minimum absolute atomic E-state index is 0.172. The lowest BCUT2D eigenvalue weighted by Gasteiger charge is -1.97. The number of hydrogen-bond donors (Lipinski definition) is 2. The summed E-state index contributed by atoms with van der Waals surface area (Å²) >= 11 is 3.17. The molecule has 74 valence electrons. The van der Waals surface area contributed by atoms with Crippen molar-refractivity contribution < 1.29 is 4.39 Å². The van der Waals surface area contributed by atoms with Gasteiger partial charge in [0.2, 0.25) is 5.96 Å². The van der Waals surface area contributed by atoms with Gasteiger partial charge in [-0.3, -0.25) is 0 Å². The van der Waals surface area contributed by atoms with Gasteiger partial charge < -0.3 is 11.5 Å². The van der Waals surface area contributed by atoms with Crippen LogP contribution in [-0.4, -0.2) is 12.2 Å². The average molecular weight is 259 g/mol. The number of benzene rings is 1. The summed E-state index contributed by atoms with van der Waals surface area (Å²) < 4.78 is 13.7. The monoisotopic (exact) mass is 258 g/mol. The minimum Gasteiger partial charge on any atom is -0.369 e. The first-order chi connectivity index (χ1) is 6.61. The van der Waals surface area contributed by atoms with Crippen LogP contribution in [0.15, 0.2) is 32.9 Å². The van der Waals surface area contributed by atoms with E-state index in [4.69, 9.17) is 11.5 Å². The predicted octanol–water partition coefficient (Wildman–Crippen LogP) is 1.20. The minimum atomic E-state index is -0.395. The topological polar surface area (TPSA) is 76.8 Å². The number of hydrogen-bond acceptors (Lipinski definition) is 2. The molecule has 14 heavy (non-hydrogen) atoms. The van der Waals surface area contributed by atoms with E-state index in [9.17, 15) is 4.39 Å². The van der Waals surface area contributed by atoms with E-state index in [0.29, 0.717) is 10.0 Å². The van der Waals surface area contributed by atoms with Gasteiger partial charge in [0, 0.05) is 10.0 Å². The Balaban J connectivity index is 2.97. The highest BCUT2D eigenvalue weighted by molar-refractivity contribution is 9.10. The summed E-state index contributed by atoms with van der Waals surface area (Å²) in [4.78, 5) is 0. The van der Waals surface area contributed by atoms with Crippen LogP contribution in [0.25, 0.3) is 0 Å². The summed E-state index contributed by atoms with van der Waals surface area (Å²) in [6.45, 7) is 0. The van der Waals surface area contributed by atoms with Crippen LogP contribution in [0.4, 0.5) is 4.39 Å². The van der Waals surface area contributed by atoms with Crippen molar-refractivity contribution in [1.29, 1.82) is 0 Å². The Morgan fingerprint density at radius 3 is 2.71 bits per heavy atom. The Hall–Kier alpha value is -1.43. The molecular formula is C8H8BrFN4. The average Bonchev–Trinajstić information content (AvgIpc) is 2.09. The van der Waals surface area contributed by atoms with Crippen molar-refractivity contribution in [3.05, 3.63) is 34.1 Å². The van der Waals surface area contributed by atoms with E-state index in [1.807, 2.05) is 0 Å². The summed E-state index contributed by atoms with van der Waals surface area (Å²) in [6, 6.07) is 4.60. The van der Waals surface area contributed by atoms with E-state index in [1.165, 1.54) is 12.3 Å². The maximum Gasteiger partial charge on any atom is 0.211 e. The molecule has 0 unspecified atom stereocenters. The van der Waals surface area contributed by atoms with Crippen molar-refractivity contribution in [2.24, 2.45) is 21.7 Å². The highest BCUT2D eigenvalue weighted by atomic mass is 79.9. The molecule has 6 heteroatoms. The lowest BCUT2D eigenvalue weighted by Crippen LogP contribution is -2.21. The smallest absolute Gasteiger partial charge is 0.211 e. The maximum atomic E-state index is 13.1. The standard InChI is InChI=1S/C8H8BrFN4/c9-6-2-1-3-7(10)5(6)4-13-14-8(11)12/h1-4H,(H4,11,12,14)/b13-4+. The van der Waals surface area contributed by atoms with Crippen LogP contribution in [0, 0.1) is 5.82 Å². The highest BCUT2D eigenvalue weighted by Gasteiger charge is 2.02. The molecule has 0 aliphatic heterocycles. The largest absolute Gasteiger partial charge is 0.369 e. The van der Waals surface area contributed by atoms with E-state index in [2.05, 4.69) is 26.1 Å². The van der Waals surface area contributed by atoms with Crippen LogP contribution in [0.2, 0.25) is 0 Å². The van der Waals surface area contributed by atoms with Gasteiger partial charge in [0.05, 0.1) is 6.21 Å². The number of rotatable bonds is 2. The lowest BCUT2D eigenvalue weighted by molar-refractivity contribution is 0.625. The van der Waals surface area contributed by atoms with Gasteiger partial charge in [-0.15, -0.1) is 5.10 Å². The quantitative estimate of drug-likeness (QED) is 0.475. The zero-order chi connectivity index (χ0) is 10.6. The maximum absolute atomic E-state index is 13.1. The van der Waals surface area contributed by atoms with E-state index < -0.39 is 5.82 Å². The lowest BCUT2D eigenvalue weighted by atomic mass is 10.2. The van der Waals surface area contributed by atoms with Gasteiger partial charge in [-0.05, 0) is 12.1 Å². The molecular weight excluding hydrogens is 251 g/mol. The molecule has 0 spiro atoms. The summed E-state index contributed by atoms with van der Waals surface area (Å²) in [7, 11) is 0. The van der Waals surface area contributed by atoms with Crippen molar-refractivity contribution in [3.8, 4) is 0 Å². The Morgan fingerprint density at radius 2 is 2.14 bits per heavy atom. The molecule has 1 rings (SSSR count). The van der Waals surface area contributed by atoms with Gasteiger partial charge in [-0.25, -0.2) is 4.39 Å². The summed E-state index contributed by atoms with van der Waals surface area (Å²) in [5, 5.41) is 6.86.